The van der Waals surface area contributed by atoms with Gasteiger partial charge in [0.15, 0.2) is 0 Å². The standard InChI is InChI=1S/C17H22N4O2/c1-4-5-10-23-15-9-7-6-8-12(15)13-11-14(16(22)21(2)3)20-17(18)19-13/h6-9,11H,4-5,10H2,1-3H3,(H2,18,19,20). The van der Waals surface area contributed by atoms with Crippen LogP contribution in [-0.2, 0) is 0 Å². The van der Waals surface area contributed by atoms with Crippen LogP contribution in [0.3, 0.4) is 0 Å². The number of nitrogen functional groups attached to an aromatic ring is 1. The molecule has 1 aromatic carbocycles. The first kappa shape index (κ1) is 16.7. The van der Waals surface area contributed by atoms with Gasteiger partial charge in [0.05, 0.1) is 12.3 Å². The molecule has 0 atom stereocenters. The Labute approximate surface area is 136 Å². The molecule has 1 aromatic heterocycles. The molecule has 122 valence electrons. The minimum atomic E-state index is -0.218. The summed E-state index contributed by atoms with van der Waals surface area (Å²) in [5.41, 5.74) is 7.41. The number of unbranched alkanes of at least 4 members (excludes halogenated alkanes) is 1. The first-order chi connectivity index (χ1) is 11.0. The van der Waals surface area contributed by atoms with Crippen LogP contribution in [0, 0.1) is 0 Å². The van der Waals surface area contributed by atoms with Crippen molar-refractivity contribution in [2.45, 2.75) is 19.8 Å². The molecular weight excluding hydrogens is 292 g/mol. The molecule has 0 aliphatic rings. The molecule has 2 aromatic rings. The summed E-state index contributed by atoms with van der Waals surface area (Å²) in [6.07, 6.45) is 2.04. The molecule has 23 heavy (non-hydrogen) atoms. The van der Waals surface area contributed by atoms with E-state index in [4.69, 9.17) is 10.5 Å². The van der Waals surface area contributed by atoms with Crippen molar-refractivity contribution in [1.82, 2.24) is 14.9 Å². The number of ether oxygens (including phenoxy) is 1. The number of rotatable bonds is 6. The number of benzene rings is 1. The van der Waals surface area contributed by atoms with E-state index in [0.717, 1.165) is 24.2 Å². The Balaban J connectivity index is 2.40. The second-order valence-electron chi connectivity index (χ2n) is 5.39. The van der Waals surface area contributed by atoms with Crippen LogP contribution in [0.5, 0.6) is 5.75 Å². The smallest absolute Gasteiger partial charge is 0.272 e. The van der Waals surface area contributed by atoms with E-state index in [0.29, 0.717) is 12.3 Å². The third kappa shape index (κ3) is 4.18. The summed E-state index contributed by atoms with van der Waals surface area (Å²) in [6, 6.07) is 9.22. The maximum Gasteiger partial charge on any atom is 0.272 e. The maximum absolute atomic E-state index is 12.1. The van der Waals surface area contributed by atoms with Gasteiger partial charge in [0.2, 0.25) is 5.95 Å². The Morgan fingerprint density at radius 1 is 1.26 bits per heavy atom. The van der Waals surface area contributed by atoms with Crippen LogP contribution in [0.1, 0.15) is 30.3 Å². The Bertz CT molecular complexity index is 686. The zero-order valence-electron chi connectivity index (χ0n) is 13.7. The summed E-state index contributed by atoms with van der Waals surface area (Å²) in [7, 11) is 3.34. The molecule has 0 radical (unpaired) electrons. The summed E-state index contributed by atoms with van der Waals surface area (Å²) < 4.78 is 5.82. The van der Waals surface area contributed by atoms with E-state index in [1.807, 2.05) is 24.3 Å². The lowest BCUT2D eigenvalue weighted by atomic mass is 10.1. The van der Waals surface area contributed by atoms with Crippen molar-refractivity contribution in [3.63, 3.8) is 0 Å². The monoisotopic (exact) mass is 314 g/mol. The number of anilines is 1. The van der Waals surface area contributed by atoms with Crippen molar-refractivity contribution in [3.8, 4) is 17.0 Å². The Hall–Kier alpha value is -2.63. The normalized spacial score (nSPS) is 10.4. The van der Waals surface area contributed by atoms with E-state index in [-0.39, 0.29) is 17.5 Å². The van der Waals surface area contributed by atoms with Gasteiger partial charge in [0, 0.05) is 19.7 Å². The number of hydrogen-bond acceptors (Lipinski definition) is 5. The predicted octanol–water partition coefficient (Wildman–Crippen LogP) is 2.61. The number of nitrogens with zero attached hydrogens (tertiary/aromatic N) is 3. The topological polar surface area (TPSA) is 81.3 Å². The second kappa shape index (κ2) is 7.58. The molecule has 2 N–H and O–H groups in total. The van der Waals surface area contributed by atoms with Gasteiger partial charge >= 0.3 is 0 Å². The van der Waals surface area contributed by atoms with Gasteiger partial charge in [-0.25, -0.2) is 9.97 Å². The van der Waals surface area contributed by atoms with E-state index in [1.54, 1.807) is 20.2 Å². The summed E-state index contributed by atoms with van der Waals surface area (Å²) in [4.78, 5) is 21.8. The summed E-state index contributed by atoms with van der Waals surface area (Å²) in [5, 5.41) is 0. The van der Waals surface area contributed by atoms with Crippen LogP contribution in [0.2, 0.25) is 0 Å². The van der Waals surface area contributed by atoms with Gasteiger partial charge in [-0.05, 0) is 24.6 Å². The highest BCUT2D eigenvalue weighted by Gasteiger charge is 2.15. The van der Waals surface area contributed by atoms with Crippen molar-refractivity contribution >= 4 is 11.9 Å². The molecule has 0 saturated heterocycles. The summed E-state index contributed by atoms with van der Waals surface area (Å²) >= 11 is 0. The van der Waals surface area contributed by atoms with Crippen LogP contribution in [0.25, 0.3) is 11.3 Å². The van der Waals surface area contributed by atoms with E-state index in [9.17, 15) is 4.79 Å². The van der Waals surface area contributed by atoms with Crippen molar-refractivity contribution in [1.29, 1.82) is 0 Å². The lowest BCUT2D eigenvalue weighted by molar-refractivity contribution is 0.0822. The molecule has 0 unspecified atom stereocenters. The molecule has 6 nitrogen and oxygen atoms in total. The van der Waals surface area contributed by atoms with Crippen LogP contribution in [0.15, 0.2) is 30.3 Å². The van der Waals surface area contributed by atoms with E-state index in [1.165, 1.54) is 4.90 Å². The van der Waals surface area contributed by atoms with Crippen molar-refractivity contribution in [3.05, 3.63) is 36.0 Å². The average molecular weight is 314 g/mol. The maximum atomic E-state index is 12.1. The Morgan fingerprint density at radius 3 is 2.70 bits per heavy atom. The molecule has 0 spiro atoms. The van der Waals surface area contributed by atoms with Crippen LogP contribution in [-0.4, -0.2) is 41.5 Å². The fourth-order valence-corrected chi connectivity index (χ4v) is 2.07. The summed E-state index contributed by atoms with van der Waals surface area (Å²) in [6.45, 7) is 2.75. The molecule has 2 rings (SSSR count). The fourth-order valence-electron chi connectivity index (χ4n) is 2.07. The lowest BCUT2D eigenvalue weighted by Crippen LogP contribution is -2.23. The minimum Gasteiger partial charge on any atom is -0.493 e. The average Bonchev–Trinajstić information content (AvgIpc) is 2.54. The molecule has 0 bridgehead atoms. The highest BCUT2D eigenvalue weighted by atomic mass is 16.5. The van der Waals surface area contributed by atoms with Crippen molar-refractivity contribution in [2.75, 3.05) is 26.4 Å². The number of nitrogens with two attached hydrogens (primary N) is 1. The molecule has 6 heteroatoms. The van der Waals surface area contributed by atoms with Crippen molar-refractivity contribution < 1.29 is 9.53 Å². The first-order valence-corrected chi connectivity index (χ1v) is 7.61. The molecule has 1 amide bonds. The van der Waals surface area contributed by atoms with Crippen LogP contribution in [0.4, 0.5) is 5.95 Å². The quantitative estimate of drug-likeness (QED) is 0.829. The molecule has 0 fully saturated rings. The van der Waals surface area contributed by atoms with Crippen LogP contribution < -0.4 is 10.5 Å². The highest BCUT2D eigenvalue weighted by molar-refractivity contribution is 5.93. The van der Waals surface area contributed by atoms with Crippen molar-refractivity contribution in [2.24, 2.45) is 0 Å². The number of aromatic nitrogens is 2. The molecule has 0 aliphatic heterocycles. The van der Waals surface area contributed by atoms with Gasteiger partial charge in [0.25, 0.3) is 5.91 Å². The molecule has 1 heterocycles. The fraction of sp³-hybridized carbons (Fsp3) is 0.353. The Morgan fingerprint density at radius 2 is 2.00 bits per heavy atom. The van der Waals surface area contributed by atoms with Gasteiger partial charge < -0.3 is 15.4 Å². The number of carbonyl (C=O) groups excluding carboxylic acids is 1. The van der Waals surface area contributed by atoms with E-state index < -0.39 is 0 Å². The van der Waals surface area contributed by atoms with E-state index >= 15 is 0 Å². The highest BCUT2D eigenvalue weighted by Crippen LogP contribution is 2.29. The lowest BCUT2D eigenvalue weighted by Gasteiger charge is -2.13. The molecule has 0 saturated carbocycles. The number of hydrogen-bond donors (Lipinski definition) is 1. The number of para-hydroxylation sites is 1. The van der Waals surface area contributed by atoms with Gasteiger partial charge in [-0.1, -0.05) is 25.5 Å². The van der Waals surface area contributed by atoms with Gasteiger partial charge in [0.1, 0.15) is 11.4 Å². The first-order valence-electron chi connectivity index (χ1n) is 7.61. The zero-order chi connectivity index (χ0) is 16.8. The zero-order valence-corrected chi connectivity index (χ0v) is 13.7. The minimum absolute atomic E-state index is 0.0658. The van der Waals surface area contributed by atoms with Gasteiger partial charge in [-0.15, -0.1) is 0 Å². The Kier molecular flexibility index (Phi) is 5.51. The third-order valence-corrected chi connectivity index (χ3v) is 3.29. The predicted molar refractivity (Wildman–Crippen MR) is 90.3 cm³/mol. The molecular formula is C17H22N4O2. The van der Waals surface area contributed by atoms with Gasteiger partial charge in [-0.3, -0.25) is 4.79 Å². The third-order valence-electron chi connectivity index (χ3n) is 3.29. The van der Waals surface area contributed by atoms with Gasteiger partial charge in [-0.2, -0.15) is 0 Å². The number of amides is 1. The SMILES string of the molecule is CCCCOc1ccccc1-c1cc(C(=O)N(C)C)nc(N)n1. The second-order valence-corrected chi connectivity index (χ2v) is 5.39. The number of carbonyl (C=O) groups is 1. The summed E-state index contributed by atoms with van der Waals surface area (Å²) in [5.74, 6) is 0.572. The van der Waals surface area contributed by atoms with Crippen LogP contribution >= 0.6 is 0 Å². The largest absolute Gasteiger partial charge is 0.493 e. The van der Waals surface area contributed by atoms with E-state index in [2.05, 4.69) is 16.9 Å². The molecule has 0 aliphatic carbocycles.